The zero-order valence-corrected chi connectivity index (χ0v) is 77.4. The molecule has 31 nitrogen and oxygen atoms in total. The van der Waals surface area contributed by atoms with Crippen LogP contribution in [0.15, 0.2) is 294 Å². The minimum absolute atomic E-state index is 0.0123. The zero-order chi connectivity index (χ0) is 95.1. The molecule has 0 atom stereocenters. The molecule has 5 fully saturated rings. The molecule has 6 N–H and O–H groups in total. The lowest BCUT2D eigenvalue weighted by atomic mass is 9.99. The number of morpholine rings is 2. The van der Waals surface area contributed by atoms with E-state index >= 15 is 8.78 Å². The number of piperidine rings is 3. The van der Waals surface area contributed by atoms with Gasteiger partial charge in [-0.2, -0.15) is 8.78 Å². The number of aryl methyl sites for hydroxylation is 2. The number of carbonyl (C=O) groups excluding carboxylic acids is 1. The average molecular weight is 1880 g/mol. The Morgan fingerprint density at radius 1 is 0.328 bits per heavy atom. The Morgan fingerprint density at radius 2 is 0.693 bits per heavy atom. The summed E-state index contributed by atoms with van der Waals surface area (Å²) < 4.78 is 100. The minimum Gasteiger partial charge on any atom is -0.457 e. The second kappa shape index (κ2) is 44.8. The van der Waals surface area contributed by atoms with E-state index in [0.717, 1.165) is 123 Å². The van der Waals surface area contributed by atoms with Crippen molar-refractivity contribution in [1.82, 2.24) is 74.8 Å². The maximum Gasteiger partial charge on any atom is 0.298 e. The number of sulfone groups is 2. The molecule has 0 radical (unpaired) electrons. The summed E-state index contributed by atoms with van der Waals surface area (Å²) >= 11 is 0. The topological polar surface area (TPSA) is 401 Å². The monoisotopic (exact) mass is 1880 g/mol. The van der Waals surface area contributed by atoms with Gasteiger partial charge in [0.25, 0.3) is 5.92 Å². The number of hydrogen-bond donors (Lipinski definition) is 3. The van der Waals surface area contributed by atoms with Crippen LogP contribution in [0.2, 0.25) is 0 Å². The molecular formula is C102H103F2N23O8S2. The Hall–Kier alpha value is -15.2. The molecule has 0 amide bonds. The molecule has 0 unspecified atom stereocenters. The molecule has 0 spiro atoms. The van der Waals surface area contributed by atoms with Crippen LogP contribution in [-0.2, 0) is 35.1 Å². The first-order valence-electron chi connectivity index (χ1n) is 45.3. The lowest BCUT2D eigenvalue weighted by molar-refractivity contribution is 0.0428. The molecule has 15 aromatic rings. The molecule has 5 aliphatic rings. The summed E-state index contributed by atoms with van der Waals surface area (Å²) in [4.78, 5) is 88.5. The quantitative estimate of drug-likeness (QED) is 0.0597. The largest absolute Gasteiger partial charge is 0.457 e. The van der Waals surface area contributed by atoms with Gasteiger partial charge in [0.2, 0.25) is 37.5 Å². The van der Waals surface area contributed by atoms with Crippen LogP contribution in [0.25, 0.3) is 56.2 Å². The van der Waals surface area contributed by atoms with Gasteiger partial charge in [-0.05, 0) is 162 Å². The molecule has 700 valence electrons. The normalized spacial score (nSPS) is 14.6. The number of nitrogens with two attached hydrogens (primary N) is 3. The second-order valence-electron chi connectivity index (χ2n) is 32.9. The van der Waals surface area contributed by atoms with Gasteiger partial charge in [0, 0.05) is 195 Å². The number of carbonyl (C=O) groups is 1. The highest BCUT2D eigenvalue weighted by Crippen LogP contribution is 2.41. The molecule has 5 aromatic carbocycles. The summed E-state index contributed by atoms with van der Waals surface area (Å²) in [5.41, 5.74) is 25.3. The number of nitrogen functional groups attached to an aromatic ring is 3. The number of hydrogen-bond acceptors (Lipinski definition) is 31. The zero-order valence-electron chi connectivity index (χ0n) is 75.8. The summed E-state index contributed by atoms with van der Waals surface area (Å²) in [6.07, 6.45) is 26.7. The van der Waals surface area contributed by atoms with Gasteiger partial charge in [-0.1, -0.05) is 115 Å². The lowest BCUT2D eigenvalue weighted by Gasteiger charge is -2.29. The highest BCUT2D eigenvalue weighted by atomic mass is 32.2. The van der Waals surface area contributed by atoms with Gasteiger partial charge in [0.1, 0.15) is 46.4 Å². The molecule has 35 heteroatoms. The van der Waals surface area contributed by atoms with Gasteiger partial charge >= 0.3 is 0 Å². The first kappa shape index (κ1) is 95.0. The van der Waals surface area contributed by atoms with Gasteiger partial charge in [-0.25, -0.2) is 91.6 Å². The third kappa shape index (κ3) is 24.7. The average Bonchev–Trinajstić information content (AvgIpc) is 0.783. The molecule has 0 bridgehead atoms. The third-order valence-electron chi connectivity index (χ3n) is 23.3. The number of alkyl halides is 2. The van der Waals surface area contributed by atoms with Crippen LogP contribution < -0.4 is 46.4 Å². The van der Waals surface area contributed by atoms with Crippen LogP contribution in [0.1, 0.15) is 96.5 Å². The minimum atomic E-state index is -3.75. The van der Waals surface area contributed by atoms with Crippen molar-refractivity contribution < 1.29 is 44.6 Å². The molecule has 137 heavy (non-hydrogen) atoms. The van der Waals surface area contributed by atoms with Crippen molar-refractivity contribution in [3.63, 3.8) is 0 Å². The van der Waals surface area contributed by atoms with Crippen molar-refractivity contribution >= 4 is 72.3 Å². The maximum absolute atomic E-state index is 15.3. The summed E-state index contributed by atoms with van der Waals surface area (Å²) in [6, 6.07) is 61.1. The van der Waals surface area contributed by atoms with Crippen LogP contribution in [0.5, 0.6) is 11.5 Å². The van der Waals surface area contributed by atoms with Crippen LogP contribution in [0.3, 0.4) is 0 Å². The molecule has 20 rings (SSSR count). The van der Waals surface area contributed by atoms with E-state index in [1.807, 2.05) is 95.9 Å². The number of aromatic nitrogens is 15. The summed E-state index contributed by atoms with van der Waals surface area (Å²) in [5, 5.41) is 0.0246. The van der Waals surface area contributed by atoms with Crippen molar-refractivity contribution in [2.45, 2.75) is 97.4 Å². The number of pyridine rings is 5. The van der Waals surface area contributed by atoms with E-state index in [9.17, 15) is 21.6 Å². The Balaban J connectivity index is 0.000000124. The van der Waals surface area contributed by atoms with E-state index in [-0.39, 0.29) is 54.6 Å². The lowest BCUT2D eigenvalue weighted by Crippen LogP contribution is -2.37. The first-order chi connectivity index (χ1) is 66.6. The Bertz CT molecular complexity index is 6600. The van der Waals surface area contributed by atoms with Gasteiger partial charge in [-0.15, -0.1) is 0 Å². The molecule has 0 saturated carbocycles. The van der Waals surface area contributed by atoms with E-state index in [0.29, 0.717) is 121 Å². The SMILES string of the molecule is Cc1ncc(-c2cc(N3CCOCC3)cc(S(=O)(=O)c3ccccc3)n2)cn1.Cc1ncc(-c2cc(N3CCOCC3)nc(S(=O)(=O)c3ccccc3)c2)cn1.Nc1ncc(-c2cc(C(=O)c3ccccc3)cc(N3CCCCC3)n2)cn1.Nc1ncc(-c2cc(C(F)(F)c3ccccc3)cc(N3CCCCC3)n2)cn1.Nc1ncc(-c2cc(Oc3ccccc3)cc(N3CCCCC3)n2)cn1. The molecule has 5 saturated heterocycles. The molecule has 10 aromatic heterocycles. The highest BCUT2D eigenvalue weighted by Gasteiger charge is 2.36. The number of ketones is 1. The highest BCUT2D eigenvalue weighted by molar-refractivity contribution is 7.91. The maximum atomic E-state index is 15.3. The third-order valence-corrected chi connectivity index (χ3v) is 26.6. The van der Waals surface area contributed by atoms with E-state index in [2.05, 4.69) is 84.4 Å². The summed E-state index contributed by atoms with van der Waals surface area (Å²) in [7, 11) is -7.50. The fourth-order valence-corrected chi connectivity index (χ4v) is 18.3. The molecule has 0 aliphatic carbocycles. The van der Waals surface area contributed by atoms with Gasteiger partial charge in [0.15, 0.2) is 15.8 Å². The van der Waals surface area contributed by atoms with E-state index < -0.39 is 25.6 Å². The molecular weight excluding hydrogens is 1780 g/mol. The van der Waals surface area contributed by atoms with Crippen molar-refractivity contribution in [2.75, 3.05) is 134 Å². The summed E-state index contributed by atoms with van der Waals surface area (Å²) in [5.74, 6) is 3.18. The van der Waals surface area contributed by atoms with Gasteiger partial charge < -0.3 is 55.9 Å². The number of para-hydroxylation sites is 1. The fourth-order valence-electron chi connectivity index (χ4n) is 15.8. The van der Waals surface area contributed by atoms with Crippen molar-refractivity contribution in [1.29, 1.82) is 0 Å². The van der Waals surface area contributed by atoms with Crippen LogP contribution in [0, 0.1) is 13.8 Å². The fraction of sp³-hybridized carbons (Fsp3) is 0.255. The Morgan fingerprint density at radius 3 is 1.16 bits per heavy atom. The van der Waals surface area contributed by atoms with E-state index in [1.165, 1.54) is 62.3 Å². The van der Waals surface area contributed by atoms with Crippen LogP contribution >= 0.6 is 0 Å². The standard InChI is InChI=1S/C21H21F2N5.C21H21N5O.C20H21N5O.2C20H20N4O3S/c22-21(23,16-7-3-1-4-8-16)17-11-18(15-13-25-20(24)26-14-15)27-19(12-17)28-9-5-2-6-10-28;22-21-23-13-17(14-24-21)18-11-16(20(27)15-7-3-1-4-8-15)12-19(25-18)26-9-5-2-6-10-26;21-20-22-13-15(14-23-20)18-11-17(26-16-7-3-1-4-8-16)12-19(24-18)25-9-5-2-6-10-25;1-15-21-13-16(14-22-15)19-11-17(24-7-9-27-10-8-24)12-20(23-19)28(25,26)18-5-3-2-4-6-18;1-15-21-13-17(14-22-15)16-11-19(24-7-9-27-10-8-24)23-20(12-16)28(25,26)18-5-3-2-4-6-18/h1,3-4,7-8,11-14H,2,5-6,9-10H2,(H2,24,25,26);1,3-4,7-8,11-14H,2,5-6,9-10H2,(H2,22,23,24);1,3-4,7-8,11-14H,2,5-6,9-10H2,(H2,21,22,23);2*2-6,11-14H,7-10H2,1H3. The number of rotatable bonds is 20. The Labute approximate surface area is 793 Å². The smallest absolute Gasteiger partial charge is 0.298 e. The van der Waals surface area contributed by atoms with Crippen molar-refractivity contribution in [2.24, 2.45) is 0 Å². The van der Waals surface area contributed by atoms with Crippen molar-refractivity contribution in [3.8, 4) is 67.7 Å². The first-order valence-corrected chi connectivity index (χ1v) is 48.3. The number of ether oxygens (including phenoxy) is 3. The number of halogens is 2. The predicted molar refractivity (Wildman–Crippen MR) is 523 cm³/mol. The van der Waals surface area contributed by atoms with Crippen molar-refractivity contribution in [3.05, 3.63) is 308 Å². The van der Waals surface area contributed by atoms with Gasteiger partial charge in [-0.3, -0.25) is 4.79 Å². The number of benzene rings is 5. The predicted octanol–water partition coefficient (Wildman–Crippen LogP) is 16.5. The molecule has 5 aliphatic heterocycles. The van der Waals surface area contributed by atoms with E-state index in [1.54, 1.807) is 160 Å². The second-order valence-corrected chi connectivity index (χ2v) is 36.7. The number of anilines is 8. The van der Waals surface area contributed by atoms with Gasteiger partial charge in [0.05, 0.1) is 59.0 Å². The number of nitrogens with zero attached hydrogens (tertiary/aromatic N) is 20. The Kier molecular flexibility index (Phi) is 31.0. The van der Waals surface area contributed by atoms with E-state index in [4.69, 9.17) is 41.4 Å². The van der Waals surface area contributed by atoms with Crippen LogP contribution in [-0.4, -0.2) is 189 Å². The van der Waals surface area contributed by atoms with Crippen LogP contribution in [0.4, 0.5) is 55.6 Å². The summed E-state index contributed by atoms with van der Waals surface area (Å²) in [6.45, 7) is 14.2. The molecule has 15 heterocycles.